The highest BCUT2D eigenvalue weighted by molar-refractivity contribution is 5.82. The number of nitrogen functional groups attached to an aromatic ring is 1. The first-order chi connectivity index (χ1) is 11.0. The molecule has 1 aromatic heterocycles. The Labute approximate surface area is 145 Å². The van der Waals surface area contributed by atoms with Crippen molar-refractivity contribution in [2.24, 2.45) is 11.1 Å². The number of hydrogen-bond acceptors (Lipinski definition) is 3. The van der Waals surface area contributed by atoms with Crippen LogP contribution in [0.5, 0.6) is 0 Å². The average molecular weight is 323 g/mol. The molecular weight excluding hydrogens is 294 g/mol. The molecule has 1 heterocycles. The highest BCUT2D eigenvalue weighted by Crippen LogP contribution is 2.33. The number of rotatable bonds is 2. The van der Waals surface area contributed by atoms with Gasteiger partial charge in [-0.25, -0.2) is 0 Å². The van der Waals surface area contributed by atoms with Crippen LogP contribution in [-0.2, 0) is 5.41 Å². The number of hydrogen-bond donors (Lipinski definition) is 2. The summed E-state index contributed by atoms with van der Waals surface area (Å²) in [6.07, 6.45) is 1.98. The molecule has 0 bridgehead atoms. The number of aromatic nitrogens is 1. The van der Waals surface area contributed by atoms with Gasteiger partial charge < -0.3 is 11.5 Å². The smallest absolute Gasteiger partial charge is 0.0729 e. The van der Waals surface area contributed by atoms with Crippen molar-refractivity contribution in [3.63, 3.8) is 0 Å². The molecule has 0 spiro atoms. The molecule has 0 amide bonds. The summed E-state index contributed by atoms with van der Waals surface area (Å²) in [7, 11) is 0. The van der Waals surface area contributed by atoms with Gasteiger partial charge in [0, 0.05) is 39.0 Å². The van der Waals surface area contributed by atoms with Gasteiger partial charge in [-0.2, -0.15) is 0 Å². The number of benzene rings is 1. The summed E-state index contributed by atoms with van der Waals surface area (Å²) in [5.41, 5.74) is 17.8. The van der Waals surface area contributed by atoms with E-state index in [1.165, 1.54) is 0 Å². The zero-order valence-electron chi connectivity index (χ0n) is 15.6. The summed E-state index contributed by atoms with van der Waals surface area (Å²) in [6.45, 7) is 12.8. The minimum absolute atomic E-state index is 0.0279. The topological polar surface area (TPSA) is 64.9 Å². The van der Waals surface area contributed by atoms with Crippen molar-refractivity contribution >= 4 is 11.8 Å². The molecule has 128 valence electrons. The number of pyridine rings is 1. The SMILES string of the molecule is CC(C)(C)/C(N)=C/c1nc(C(C)(C)C)ccc1-c1ccccc1N. The van der Waals surface area contributed by atoms with Gasteiger partial charge in [0.2, 0.25) is 0 Å². The molecule has 0 atom stereocenters. The molecule has 1 aromatic carbocycles. The molecule has 0 saturated heterocycles. The molecule has 2 rings (SSSR count). The van der Waals surface area contributed by atoms with Crippen LogP contribution < -0.4 is 11.5 Å². The van der Waals surface area contributed by atoms with Crippen LogP contribution in [0.3, 0.4) is 0 Å². The second-order valence-corrected chi connectivity index (χ2v) is 8.32. The summed E-state index contributed by atoms with van der Waals surface area (Å²) in [5.74, 6) is 0. The predicted molar refractivity (Wildman–Crippen MR) is 104 cm³/mol. The lowest BCUT2D eigenvalue weighted by atomic mass is 9.88. The fourth-order valence-corrected chi connectivity index (χ4v) is 2.34. The standard InChI is InChI=1S/C21H29N3/c1-20(2,3)18(23)13-17-15(14-9-7-8-10-16(14)22)11-12-19(24-17)21(4,5)6/h7-13H,22-23H2,1-6H3/b18-13-. The maximum atomic E-state index is 6.32. The van der Waals surface area contributed by atoms with Gasteiger partial charge in [-0.1, -0.05) is 65.8 Å². The maximum absolute atomic E-state index is 6.32. The summed E-state index contributed by atoms with van der Waals surface area (Å²) < 4.78 is 0. The van der Waals surface area contributed by atoms with Gasteiger partial charge >= 0.3 is 0 Å². The quantitative estimate of drug-likeness (QED) is 0.766. The third-order valence-corrected chi connectivity index (χ3v) is 4.10. The van der Waals surface area contributed by atoms with E-state index in [2.05, 4.69) is 53.7 Å². The van der Waals surface area contributed by atoms with E-state index >= 15 is 0 Å². The van der Waals surface area contributed by atoms with E-state index in [4.69, 9.17) is 16.5 Å². The third-order valence-electron chi connectivity index (χ3n) is 4.10. The Hall–Kier alpha value is -2.29. The molecule has 3 nitrogen and oxygen atoms in total. The Balaban J connectivity index is 2.70. The molecule has 2 aromatic rings. The maximum Gasteiger partial charge on any atom is 0.0729 e. The summed E-state index contributed by atoms with van der Waals surface area (Å²) in [4.78, 5) is 4.90. The molecule has 0 aliphatic heterocycles. The van der Waals surface area contributed by atoms with Crippen LogP contribution in [0.4, 0.5) is 5.69 Å². The van der Waals surface area contributed by atoms with Crippen LogP contribution in [0, 0.1) is 5.41 Å². The summed E-state index contributed by atoms with van der Waals surface area (Å²) in [5, 5.41) is 0. The van der Waals surface area contributed by atoms with E-state index in [0.717, 1.165) is 33.9 Å². The Bertz CT molecular complexity index is 759. The summed E-state index contributed by atoms with van der Waals surface area (Å²) >= 11 is 0. The van der Waals surface area contributed by atoms with E-state index in [0.29, 0.717) is 0 Å². The van der Waals surface area contributed by atoms with Gasteiger partial charge in [-0.3, -0.25) is 4.98 Å². The molecule has 24 heavy (non-hydrogen) atoms. The number of nitrogens with zero attached hydrogens (tertiary/aromatic N) is 1. The van der Waals surface area contributed by atoms with Crippen molar-refractivity contribution in [2.75, 3.05) is 5.73 Å². The molecule has 0 saturated carbocycles. The van der Waals surface area contributed by atoms with E-state index in [1.54, 1.807) is 0 Å². The first kappa shape index (κ1) is 18.1. The lowest BCUT2D eigenvalue weighted by Crippen LogP contribution is -2.18. The van der Waals surface area contributed by atoms with Gasteiger partial charge in [0.15, 0.2) is 0 Å². The average Bonchev–Trinajstić information content (AvgIpc) is 2.46. The molecule has 0 radical (unpaired) electrons. The molecular formula is C21H29N3. The van der Waals surface area contributed by atoms with Gasteiger partial charge in [0.25, 0.3) is 0 Å². The zero-order valence-corrected chi connectivity index (χ0v) is 15.6. The fraction of sp³-hybridized carbons (Fsp3) is 0.381. The molecule has 0 aliphatic rings. The van der Waals surface area contributed by atoms with Crippen molar-refractivity contribution in [2.45, 2.75) is 47.0 Å². The largest absolute Gasteiger partial charge is 0.402 e. The Morgan fingerprint density at radius 3 is 2.08 bits per heavy atom. The number of nitrogens with two attached hydrogens (primary N) is 2. The minimum Gasteiger partial charge on any atom is -0.402 e. The second-order valence-electron chi connectivity index (χ2n) is 8.32. The predicted octanol–water partition coefficient (Wildman–Crippen LogP) is 4.97. The third kappa shape index (κ3) is 3.97. The van der Waals surface area contributed by atoms with Crippen LogP contribution in [0.15, 0.2) is 42.1 Å². The molecule has 0 unspecified atom stereocenters. The summed E-state index contributed by atoms with van der Waals surface area (Å²) in [6, 6.07) is 12.0. The van der Waals surface area contributed by atoms with Crippen molar-refractivity contribution in [1.29, 1.82) is 0 Å². The number of allylic oxidation sites excluding steroid dienone is 1. The van der Waals surface area contributed by atoms with Crippen LogP contribution in [-0.4, -0.2) is 4.98 Å². The van der Waals surface area contributed by atoms with Crippen LogP contribution in [0.1, 0.15) is 52.9 Å². The van der Waals surface area contributed by atoms with Crippen LogP contribution in [0.2, 0.25) is 0 Å². The van der Waals surface area contributed by atoms with Crippen molar-refractivity contribution in [3.05, 3.63) is 53.5 Å². The number of anilines is 1. The molecule has 4 N–H and O–H groups in total. The van der Waals surface area contributed by atoms with Crippen molar-refractivity contribution in [1.82, 2.24) is 4.98 Å². The Morgan fingerprint density at radius 2 is 1.54 bits per heavy atom. The first-order valence-electron chi connectivity index (χ1n) is 8.34. The van der Waals surface area contributed by atoms with Gasteiger partial charge in [0.05, 0.1) is 5.69 Å². The van der Waals surface area contributed by atoms with Crippen LogP contribution >= 0.6 is 0 Å². The lowest BCUT2D eigenvalue weighted by molar-refractivity contribution is 0.501. The molecule has 0 aliphatic carbocycles. The highest BCUT2D eigenvalue weighted by Gasteiger charge is 2.20. The second kappa shape index (κ2) is 6.31. The normalized spacial score (nSPS) is 13.2. The van der Waals surface area contributed by atoms with Gasteiger partial charge in [-0.05, 0) is 18.2 Å². The molecule has 0 fully saturated rings. The first-order valence-corrected chi connectivity index (χ1v) is 8.34. The van der Waals surface area contributed by atoms with Gasteiger partial charge in [-0.15, -0.1) is 0 Å². The van der Waals surface area contributed by atoms with E-state index in [-0.39, 0.29) is 10.8 Å². The lowest BCUT2D eigenvalue weighted by Gasteiger charge is -2.22. The monoisotopic (exact) mass is 323 g/mol. The highest BCUT2D eigenvalue weighted by atomic mass is 14.7. The number of para-hydroxylation sites is 1. The van der Waals surface area contributed by atoms with E-state index in [9.17, 15) is 0 Å². The fourth-order valence-electron chi connectivity index (χ4n) is 2.34. The van der Waals surface area contributed by atoms with Gasteiger partial charge in [0.1, 0.15) is 0 Å². The zero-order chi connectivity index (χ0) is 18.1. The minimum atomic E-state index is -0.112. The van der Waals surface area contributed by atoms with Crippen molar-refractivity contribution < 1.29 is 0 Å². The van der Waals surface area contributed by atoms with Crippen LogP contribution in [0.25, 0.3) is 17.2 Å². The molecule has 3 heteroatoms. The van der Waals surface area contributed by atoms with E-state index in [1.807, 2.05) is 30.3 Å². The Kier molecular flexibility index (Phi) is 4.75. The van der Waals surface area contributed by atoms with Crippen molar-refractivity contribution in [3.8, 4) is 11.1 Å². The van der Waals surface area contributed by atoms with E-state index < -0.39 is 0 Å². The Morgan fingerprint density at radius 1 is 0.917 bits per heavy atom.